The number of ether oxygens (including phenoxy) is 1. The fraction of sp³-hybridized carbons (Fsp3) is 0.150. The van der Waals surface area contributed by atoms with E-state index in [1.165, 1.54) is 0 Å². The number of nitrogens with one attached hydrogen (secondary N) is 1. The number of aromatic nitrogens is 1. The predicted molar refractivity (Wildman–Crippen MR) is 102 cm³/mol. The first-order valence-corrected chi connectivity index (χ1v) is 8.40. The Kier molecular flexibility index (Phi) is 5.19. The largest absolute Gasteiger partial charge is 0.452 e. The van der Waals surface area contributed by atoms with E-state index in [0.717, 1.165) is 16.5 Å². The molecular formula is C20H17ClN2O3. The van der Waals surface area contributed by atoms with E-state index >= 15 is 0 Å². The van der Waals surface area contributed by atoms with Crippen LogP contribution < -0.4 is 5.32 Å². The van der Waals surface area contributed by atoms with Crippen LogP contribution in [0.4, 0.5) is 5.69 Å². The van der Waals surface area contributed by atoms with Crippen LogP contribution in [0.25, 0.3) is 10.9 Å². The number of amides is 1. The number of benzene rings is 2. The van der Waals surface area contributed by atoms with Crippen molar-refractivity contribution in [1.29, 1.82) is 0 Å². The third-order valence-electron chi connectivity index (χ3n) is 3.73. The number of nitrogens with zero attached hydrogens (tertiary/aromatic N) is 1. The molecule has 1 aromatic heterocycles. The summed E-state index contributed by atoms with van der Waals surface area (Å²) in [7, 11) is 0. The van der Waals surface area contributed by atoms with Gasteiger partial charge in [0.05, 0.1) is 11.1 Å². The van der Waals surface area contributed by atoms with E-state index in [4.69, 9.17) is 16.3 Å². The minimum atomic E-state index is -0.572. The number of fused-ring (bicyclic) bond motifs is 1. The van der Waals surface area contributed by atoms with E-state index < -0.39 is 11.9 Å². The predicted octanol–water partition coefficient (Wildman–Crippen LogP) is 4.30. The number of rotatable bonds is 4. The van der Waals surface area contributed by atoms with Gasteiger partial charge in [-0.1, -0.05) is 17.7 Å². The molecule has 0 saturated heterocycles. The monoisotopic (exact) mass is 368 g/mol. The summed E-state index contributed by atoms with van der Waals surface area (Å²) in [5.41, 5.74) is 3.80. The van der Waals surface area contributed by atoms with Crippen molar-refractivity contribution in [3.05, 3.63) is 70.4 Å². The normalized spacial score (nSPS) is 10.6. The number of esters is 1. The molecule has 0 saturated carbocycles. The Morgan fingerprint density at radius 1 is 1.04 bits per heavy atom. The molecule has 0 spiro atoms. The summed E-state index contributed by atoms with van der Waals surface area (Å²) in [5.74, 6) is -0.963. The van der Waals surface area contributed by atoms with Gasteiger partial charge in [0.1, 0.15) is 5.15 Å². The van der Waals surface area contributed by atoms with E-state index in [9.17, 15) is 9.59 Å². The van der Waals surface area contributed by atoms with Crippen molar-refractivity contribution in [2.75, 3.05) is 11.9 Å². The molecule has 1 amide bonds. The molecule has 0 fully saturated rings. The van der Waals surface area contributed by atoms with E-state index in [0.29, 0.717) is 21.9 Å². The van der Waals surface area contributed by atoms with Crippen LogP contribution in [0.5, 0.6) is 0 Å². The lowest BCUT2D eigenvalue weighted by atomic mass is 10.1. The lowest BCUT2D eigenvalue weighted by Crippen LogP contribution is -2.21. The quantitative estimate of drug-likeness (QED) is 0.550. The van der Waals surface area contributed by atoms with Crippen LogP contribution in [0.15, 0.2) is 48.5 Å². The molecule has 1 heterocycles. The minimum Gasteiger partial charge on any atom is -0.452 e. The third-order valence-corrected chi connectivity index (χ3v) is 3.94. The van der Waals surface area contributed by atoms with E-state index in [-0.39, 0.29) is 6.61 Å². The Hall–Kier alpha value is -2.92. The van der Waals surface area contributed by atoms with Gasteiger partial charge in [0.25, 0.3) is 5.91 Å². The Bertz CT molecular complexity index is 981. The molecule has 3 aromatic rings. The smallest absolute Gasteiger partial charge is 0.338 e. The van der Waals surface area contributed by atoms with Crippen LogP contribution in [0.3, 0.4) is 0 Å². The van der Waals surface area contributed by atoms with Crippen molar-refractivity contribution in [2.24, 2.45) is 0 Å². The number of hydrogen-bond acceptors (Lipinski definition) is 4. The van der Waals surface area contributed by atoms with Crippen molar-refractivity contribution in [3.8, 4) is 0 Å². The number of hydrogen-bond donors (Lipinski definition) is 1. The van der Waals surface area contributed by atoms with Crippen molar-refractivity contribution in [2.45, 2.75) is 13.8 Å². The van der Waals surface area contributed by atoms with Crippen LogP contribution in [0, 0.1) is 13.8 Å². The molecule has 0 unspecified atom stereocenters. The van der Waals surface area contributed by atoms with Crippen LogP contribution >= 0.6 is 11.6 Å². The summed E-state index contributed by atoms with van der Waals surface area (Å²) in [5, 5.41) is 3.88. The number of anilines is 1. The van der Waals surface area contributed by atoms with Crippen LogP contribution in [-0.4, -0.2) is 23.5 Å². The highest BCUT2D eigenvalue weighted by molar-refractivity contribution is 6.29. The molecule has 0 bridgehead atoms. The maximum atomic E-state index is 12.2. The number of aryl methyl sites for hydroxylation is 2. The lowest BCUT2D eigenvalue weighted by molar-refractivity contribution is -0.119. The molecule has 132 valence electrons. The van der Waals surface area contributed by atoms with Gasteiger partial charge in [0, 0.05) is 11.1 Å². The first-order valence-electron chi connectivity index (χ1n) is 8.02. The zero-order valence-corrected chi connectivity index (χ0v) is 15.1. The summed E-state index contributed by atoms with van der Waals surface area (Å²) in [6.45, 7) is 3.54. The average Bonchev–Trinajstić information content (AvgIpc) is 2.58. The molecule has 0 radical (unpaired) electrons. The van der Waals surface area contributed by atoms with Gasteiger partial charge in [-0.3, -0.25) is 4.79 Å². The zero-order chi connectivity index (χ0) is 18.7. The second kappa shape index (κ2) is 7.54. The zero-order valence-electron chi connectivity index (χ0n) is 14.4. The Labute approximate surface area is 156 Å². The second-order valence-corrected chi connectivity index (χ2v) is 6.43. The first kappa shape index (κ1) is 17.9. The molecule has 0 aliphatic carbocycles. The minimum absolute atomic E-state index is 0.348. The van der Waals surface area contributed by atoms with Gasteiger partial charge in [-0.2, -0.15) is 0 Å². The summed E-state index contributed by atoms with van der Waals surface area (Å²) >= 11 is 5.84. The van der Waals surface area contributed by atoms with Gasteiger partial charge in [0.15, 0.2) is 6.61 Å². The molecule has 0 atom stereocenters. The summed E-state index contributed by atoms with van der Waals surface area (Å²) in [6, 6.07) is 14.1. The van der Waals surface area contributed by atoms with Crippen molar-refractivity contribution < 1.29 is 14.3 Å². The highest BCUT2D eigenvalue weighted by Crippen LogP contribution is 2.18. The van der Waals surface area contributed by atoms with Gasteiger partial charge in [-0.15, -0.1) is 0 Å². The van der Waals surface area contributed by atoms with Gasteiger partial charge in [0.2, 0.25) is 0 Å². The van der Waals surface area contributed by atoms with E-state index in [2.05, 4.69) is 10.3 Å². The third kappa shape index (κ3) is 4.37. The van der Waals surface area contributed by atoms with Crippen molar-refractivity contribution in [1.82, 2.24) is 4.98 Å². The fourth-order valence-electron chi connectivity index (χ4n) is 2.69. The van der Waals surface area contributed by atoms with Crippen LogP contribution in [-0.2, 0) is 9.53 Å². The summed E-state index contributed by atoms with van der Waals surface area (Å²) in [4.78, 5) is 28.3. The highest BCUT2D eigenvalue weighted by atomic mass is 35.5. The molecule has 5 nitrogen and oxygen atoms in total. The van der Waals surface area contributed by atoms with Gasteiger partial charge in [-0.05, 0) is 67.4 Å². The number of carbonyl (C=O) groups excluding carboxylic acids is 2. The molecule has 26 heavy (non-hydrogen) atoms. The van der Waals surface area contributed by atoms with Gasteiger partial charge >= 0.3 is 5.97 Å². The molecule has 1 N–H and O–H groups in total. The maximum absolute atomic E-state index is 12.2. The Balaban J connectivity index is 1.62. The lowest BCUT2D eigenvalue weighted by Gasteiger charge is -2.09. The molecule has 3 rings (SSSR count). The Morgan fingerprint density at radius 3 is 2.50 bits per heavy atom. The fourth-order valence-corrected chi connectivity index (χ4v) is 2.84. The molecular weight excluding hydrogens is 352 g/mol. The number of carbonyl (C=O) groups is 2. The molecule has 6 heteroatoms. The first-order chi connectivity index (χ1) is 12.4. The van der Waals surface area contributed by atoms with Crippen molar-refractivity contribution in [3.63, 3.8) is 0 Å². The number of pyridine rings is 1. The number of halogens is 1. The van der Waals surface area contributed by atoms with Crippen LogP contribution in [0.2, 0.25) is 5.15 Å². The topological polar surface area (TPSA) is 68.3 Å². The molecule has 0 aliphatic heterocycles. The van der Waals surface area contributed by atoms with Gasteiger partial charge < -0.3 is 10.1 Å². The standard InChI is InChI=1S/C20H17ClN2O3/c1-12-7-13(2)9-16(8-12)22-19(24)11-26-20(25)15-3-5-17-14(10-15)4-6-18(21)23-17/h3-10H,11H2,1-2H3,(H,22,24). The van der Waals surface area contributed by atoms with Crippen LogP contribution in [0.1, 0.15) is 21.5 Å². The van der Waals surface area contributed by atoms with E-state index in [1.807, 2.05) is 32.0 Å². The van der Waals surface area contributed by atoms with Gasteiger partial charge in [-0.25, -0.2) is 9.78 Å². The second-order valence-electron chi connectivity index (χ2n) is 6.04. The average molecular weight is 369 g/mol. The Morgan fingerprint density at radius 2 is 1.77 bits per heavy atom. The summed E-state index contributed by atoms with van der Waals surface area (Å²) in [6.07, 6.45) is 0. The van der Waals surface area contributed by atoms with E-state index in [1.54, 1.807) is 30.3 Å². The molecule has 0 aliphatic rings. The summed E-state index contributed by atoms with van der Waals surface area (Å²) < 4.78 is 5.10. The SMILES string of the molecule is Cc1cc(C)cc(NC(=O)COC(=O)c2ccc3nc(Cl)ccc3c2)c1. The maximum Gasteiger partial charge on any atom is 0.338 e. The highest BCUT2D eigenvalue weighted by Gasteiger charge is 2.12. The van der Waals surface area contributed by atoms with Crippen molar-refractivity contribution >= 4 is 40.1 Å². The molecule has 2 aromatic carbocycles.